The predicted molar refractivity (Wildman–Crippen MR) is 36.7 cm³/mol. The topological polar surface area (TPSA) is 52.5 Å². The Hall–Kier alpha value is 0.170. The average Bonchev–Trinajstić information content (AvgIpc) is 2.14. The van der Waals surface area contributed by atoms with Crippen LogP contribution in [0.4, 0.5) is 0 Å². The zero-order valence-electron chi connectivity index (χ0n) is 5.08. The maximum Gasteiger partial charge on any atom is 0.0680 e. The molecule has 56 valence electrons. The lowest BCUT2D eigenvalue weighted by atomic mass is 10.2. The van der Waals surface area contributed by atoms with Gasteiger partial charge in [-0.1, -0.05) is 0 Å². The molecule has 1 fully saturated rings. The fourth-order valence-corrected chi connectivity index (χ4v) is 0.937. The van der Waals surface area contributed by atoms with Crippen LogP contribution >= 0.6 is 12.4 Å². The average molecular weight is 154 g/mol. The molecular weight excluding hydrogens is 142 g/mol. The molecule has 0 saturated carbocycles. The molecule has 1 saturated heterocycles. The molecule has 2 atom stereocenters. The Morgan fingerprint density at radius 2 is 2.22 bits per heavy atom. The van der Waals surface area contributed by atoms with Gasteiger partial charge in [0.05, 0.1) is 12.7 Å². The van der Waals surface area contributed by atoms with E-state index in [1.165, 1.54) is 0 Å². The van der Waals surface area contributed by atoms with Gasteiger partial charge >= 0.3 is 0 Å². The van der Waals surface area contributed by atoms with Crippen LogP contribution < -0.4 is 5.32 Å². The summed E-state index contributed by atoms with van der Waals surface area (Å²) in [6.07, 6.45) is 0.448. The van der Waals surface area contributed by atoms with Gasteiger partial charge in [0.1, 0.15) is 0 Å². The van der Waals surface area contributed by atoms with Crippen molar-refractivity contribution in [3.63, 3.8) is 0 Å². The van der Waals surface area contributed by atoms with E-state index in [0.29, 0.717) is 13.0 Å². The highest BCUT2D eigenvalue weighted by atomic mass is 35.5. The molecule has 0 unspecified atom stereocenters. The highest BCUT2D eigenvalue weighted by Crippen LogP contribution is 2.03. The van der Waals surface area contributed by atoms with Gasteiger partial charge in [-0.3, -0.25) is 0 Å². The summed E-state index contributed by atoms with van der Waals surface area (Å²) >= 11 is 0. The molecule has 1 heterocycles. The van der Waals surface area contributed by atoms with E-state index in [4.69, 9.17) is 10.2 Å². The number of hydrogen-bond acceptors (Lipinski definition) is 3. The van der Waals surface area contributed by atoms with Gasteiger partial charge in [-0.2, -0.15) is 0 Å². The largest absolute Gasteiger partial charge is 0.395 e. The number of aliphatic hydroxyl groups excluding tert-OH is 2. The van der Waals surface area contributed by atoms with Gasteiger partial charge in [0.15, 0.2) is 0 Å². The van der Waals surface area contributed by atoms with Crippen molar-refractivity contribution in [1.29, 1.82) is 0 Å². The van der Waals surface area contributed by atoms with E-state index in [0.717, 1.165) is 0 Å². The summed E-state index contributed by atoms with van der Waals surface area (Å²) in [5.74, 6) is 0. The lowest BCUT2D eigenvalue weighted by Crippen LogP contribution is -2.24. The lowest BCUT2D eigenvalue weighted by Gasteiger charge is -2.01. The smallest absolute Gasteiger partial charge is 0.0680 e. The maximum absolute atomic E-state index is 8.86. The molecule has 0 aromatic rings. The van der Waals surface area contributed by atoms with Crippen molar-refractivity contribution >= 4 is 12.4 Å². The van der Waals surface area contributed by atoms with Crippen LogP contribution in [0, 0.1) is 0 Å². The van der Waals surface area contributed by atoms with Crippen molar-refractivity contribution < 1.29 is 10.2 Å². The highest BCUT2D eigenvalue weighted by Gasteiger charge is 2.20. The minimum atomic E-state index is -0.243. The molecule has 0 amide bonds. The van der Waals surface area contributed by atoms with Crippen molar-refractivity contribution in [3.05, 3.63) is 0 Å². The van der Waals surface area contributed by atoms with E-state index < -0.39 is 0 Å². The zero-order chi connectivity index (χ0) is 5.98. The molecule has 1 aliphatic heterocycles. The normalized spacial score (nSPS) is 34.0. The van der Waals surface area contributed by atoms with E-state index in [-0.39, 0.29) is 31.2 Å². The van der Waals surface area contributed by atoms with Gasteiger partial charge in [0, 0.05) is 12.6 Å². The van der Waals surface area contributed by atoms with Gasteiger partial charge < -0.3 is 15.5 Å². The summed E-state index contributed by atoms with van der Waals surface area (Å²) in [5.41, 5.74) is 0. The first-order chi connectivity index (χ1) is 3.83. The first kappa shape index (κ1) is 9.17. The highest BCUT2D eigenvalue weighted by molar-refractivity contribution is 5.85. The van der Waals surface area contributed by atoms with Crippen molar-refractivity contribution in [2.45, 2.75) is 18.6 Å². The predicted octanol–water partition coefficient (Wildman–Crippen LogP) is -0.877. The van der Waals surface area contributed by atoms with Gasteiger partial charge in [-0.15, -0.1) is 12.4 Å². The second-order valence-corrected chi connectivity index (χ2v) is 2.18. The van der Waals surface area contributed by atoms with E-state index >= 15 is 0 Å². The number of halogens is 1. The molecule has 0 radical (unpaired) electrons. The number of rotatable bonds is 1. The Morgan fingerprint density at radius 1 is 1.56 bits per heavy atom. The zero-order valence-corrected chi connectivity index (χ0v) is 5.90. The van der Waals surface area contributed by atoms with E-state index in [1.54, 1.807) is 0 Å². The van der Waals surface area contributed by atoms with Gasteiger partial charge in [0.2, 0.25) is 0 Å². The second-order valence-electron chi connectivity index (χ2n) is 2.18. The number of β-amino-alcohol motifs (C(OH)–C–C–N with tert-alkyl or cyclic N) is 1. The standard InChI is InChI=1S/C5H11NO2.ClH/c7-3-4-1-5(8)2-6-4;/h4-8H,1-3H2;1H/t4-,5+;/m1./s1. The van der Waals surface area contributed by atoms with Crippen molar-refractivity contribution in [1.82, 2.24) is 5.32 Å². The van der Waals surface area contributed by atoms with E-state index in [2.05, 4.69) is 5.32 Å². The Morgan fingerprint density at radius 3 is 2.44 bits per heavy atom. The number of aliphatic hydroxyl groups is 2. The van der Waals surface area contributed by atoms with E-state index in [1.807, 2.05) is 0 Å². The Bertz CT molecular complexity index is 81.4. The van der Waals surface area contributed by atoms with Crippen molar-refractivity contribution in [3.8, 4) is 0 Å². The van der Waals surface area contributed by atoms with Crippen LogP contribution in [0.2, 0.25) is 0 Å². The first-order valence-corrected chi connectivity index (χ1v) is 2.85. The SMILES string of the molecule is Cl.OC[C@H]1C[C@H](O)CN1. The molecule has 0 aromatic carbocycles. The minimum Gasteiger partial charge on any atom is -0.395 e. The van der Waals surface area contributed by atoms with Gasteiger partial charge in [-0.25, -0.2) is 0 Å². The second kappa shape index (κ2) is 4.06. The Balaban J connectivity index is 0.000000640. The molecule has 4 heteroatoms. The Labute approximate surface area is 60.5 Å². The summed E-state index contributed by atoms with van der Waals surface area (Å²) in [6.45, 7) is 0.766. The molecule has 3 nitrogen and oxygen atoms in total. The summed E-state index contributed by atoms with van der Waals surface area (Å²) in [5, 5.41) is 20.3. The summed E-state index contributed by atoms with van der Waals surface area (Å²) in [7, 11) is 0. The van der Waals surface area contributed by atoms with Crippen molar-refractivity contribution in [2.24, 2.45) is 0 Å². The molecule has 0 aliphatic carbocycles. The maximum atomic E-state index is 8.86. The quantitative estimate of drug-likeness (QED) is 0.459. The lowest BCUT2D eigenvalue weighted by molar-refractivity contribution is 0.184. The van der Waals surface area contributed by atoms with Crippen LogP contribution in [-0.2, 0) is 0 Å². The van der Waals surface area contributed by atoms with Crippen LogP contribution in [0.25, 0.3) is 0 Å². The molecule has 0 bridgehead atoms. The van der Waals surface area contributed by atoms with Crippen LogP contribution in [-0.4, -0.2) is 35.5 Å². The number of hydrogen-bond donors (Lipinski definition) is 3. The van der Waals surface area contributed by atoms with Gasteiger partial charge in [-0.05, 0) is 6.42 Å². The molecule has 1 aliphatic rings. The third-order valence-corrected chi connectivity index (χ3v) is 1.42. The molecule has 0 spiro atoms. The van der Waals surface area contributed by atoms with Gasteiger partial charge in [0.25, 0.3) is 0 Å². The van der Waals surface area contributed by atoms with Crippen molar-refractivity contribution in [2.75, 3.05) is 13.2 Å². The Kier molecular flexibility index (Phi) is 4.14. The monoisotopic (exact) mass is 153 g/mol. The molecule has 3 N–H and O–H groups in total. The third kappa shape index (κ3) is 2.49. The van der Waals surface area contributed by atoms with E-state index in [9.17, 15) is 0 Å². The van der Waals surface area contributed by atoms with Crippen LogP contribution in [0.3, 0.4) is 0 Å². The van der Waals surface area contributed by atoms with Crippen LogP contribution in [0.5, 0.6) is 0 Å². The molecule has 0 aromatic heterocycles. The first-order valence-electron chi connectivity index (χ1n) is 2.85. The summed E-state index contributed by atoms with van der Waals surface area (Å²) in [4.78, 5) is 0. The molecular formula is C5H12ClNO2. The summed E-state index contributed by atoms with van der Waals surface area (Å²) in [6, 6.07) is 0.130. The fourth-order valence-electron chi connectivity index (χ4n) is 0.937. The minimum absolute atomic E-state index is 0. The number of nitrogens with one attached hydrogen (secondary N) is 1. The fraction of sp³-hybridized carbons (Fsp3) is 1.00. The molecule has 9 heavy (non-hydrogen) atoms. The summed E-state index contributed by atoms with van der Waals surface area (Å²) < 4.78 is 0. The van der Waals surface area contributed by atoms with Crippen LogP contribution in [0.15, 0.2) is 0 Å². The molecule has 1 rings (SSSR count). The third-order valence-electron chi connectivity index (χ3n) is 1.42. The van der Waals surface area contributed by atoms with Crippen LogP contribution in [0.1, 0.15) is 6.42 Å².